The first-order valence-electron chi connectivity index (χ1n) is 6.10. The van der Waals surface area contributed by atoms with Gasteiger partial charge in [0, 0.05) is 23.3 Å². The van der Waals surface area contributed by atoms with Crippen molar-refractivity contribution in [3.8, 4) is 0 Å². The first-order chi connectivity index (χ1) is 7.92. The highest BCUT2D eigenvalue weighted by molar-refractivity contribution is 5.98. The Morgan fingerprint density at radius 3 is 2.71 bits per heavy atom. The summed E-state index contributed by atoms with van der Waals surface area (Å²) in [6.07, 6.45) is 2.01. The van der Waals surface area contributed by atoms with E-state index in [2.05, 4.69) is 0 Å². The van der Waals surface area contributed by atoms with E-state index < -0.39 is 0 Å². The lowest BCUT2D eigenvalue weighted by Gasteiger charge is -2.37. The van der Waals surface area contributed by atoms with Crippen molar-refractivity contribution in [3.05, 3.63) is 23.8 Å². The number of nitrogens with zero attached hydrogens (tertiary/aromatic N) is 1. The van der Waals surface area contributed by atoms with Crippen LogP contribution in [0.15, 0.2) is 18.2 Å². The van der Waals surface area contributed by atoms with Crippen LogP contribution in [0.3, 0.4) is 0 Å². The lowest BCUT2D eigenvalue weighted by atomic mass is 9.83. The highest BCUT2D eigenvalue weighted by Crippen LogP contribution is 2.33. The molecule has 1 saturated heterocycles. The van der Waals surface area contributed by atoms with Crippen LogP contribution in [0.5, 0.6) is 0 Å². The molecule has 1 fully saturated rings. The number of nitrogens with two attached hydrogens (primary N) is 1. The van der Waals surface area contributed by atoms with Crippen LogP contribution in [0.25, 0.3) is 0 Å². The molecule has 3 heteroatoms. The largest absolute Gasteiger partial charge is 0.398 e. The van der Waals surface area contributed by atoms with Crippen molar-refractivity contribution in [2.75, 3.05) is 17.2 Å². The molecule has 92 valence electrons. The summed E-state index contributed by atoms with van der Waals surface area (Å²) in [4.78, 5) is 14.2. The van der Waals surface area contributed by atoms with Crippen LogP contribution >= 0.6 is 0 Å². The van der Waals surface area contributed by atoms with E-state index in [0.717, 1.165) is 36.3 Å². The molecule has 0 atom stereocenters. The summed E-state index contributed by atoms with van der Waals surface area (Å²) in [5.74, 6) is 0.201. The summed E-state index contributed by atoms with van der Waals surface area (Å²) in [5.41, 5.74) is 8.37. The molecule has 1 aliphatic rings. The normalized spacial score (nSPS) is 19.5. The molecule has 2 rings (SSSR count). The lowest BCUT2D eigenvalue weighted by Crippen LogP contribution is -2.46. The minimum absolute atomic E-state index is 0.201. The third-order valence-electron chi connectivity index (χ3n) is 3.58. The van der Waals surface area contributed by atoms with Crippen LogP contribution in [0.2, 0.25) is 0 Å². The van der Waals surface area contributed by atoms with Crippen LogP contribution in [0, 0.1) is 12.3 Å². The van der Waals surface area contributed by atoms with E-state index in [4.69, 9.17) is 5.73 Å². The molecule has 0 aromatic heterocycles. The molecule has 0 radical (unpaired) electrons. The highest BCUT2D eigenvalue weighted by atomic mass is 16.2. The maximum absolute atomic E-state index is 12.3. The molecule has 1 aliphatic heterocycles. The van der Waals surface area contributed by atoms with Crippen molar-refractivity contribution in [3.63, 3.8) is 0 Å². The number of benzene rings is 1. The fourth-order valence-electron chi connectivity index (χ4n) is 2.30. The Kier molecular flexibility index (Phi) is 2.86. The molecular weight excluding hydrogens is 212 g/mol. The Bertz CT molecular complexity index is 452. The fourth-order valence-corrected chi connectivity index (χ4v) is 2.30. The predicted molar refractivity (Wildman–Crippen MR) is 71.0 cm³/mol. The van der Waals surface area contributed by atoms with Crippen LogP contribution in [-0.2, 0) is 4.79 Å². The minimum atomic E-state index is -0.252. The molecule has 0 spiro atoms. The topological polar surface area (TPSA) is 46.3 Å². The number of anilines is 2. The van der Waals surface area contributed by atoms with Gasteiger partial charge in [-0.25, -0.2) is 0 Å². The zero-order valence-corrected chi connectivity index (χ0v) is 10.8. The molecule has 2 N–H and O–H groups in total. The smallest absolute Gasteiger partial charge is 0.232 e. The third-order valence-corrected chi connectivity index (χ3v) is 3.58. The van der Waals surface area contributed by atoms with Gasteiger partial charge in [0.2, 0.25) is 5.91 Å². The number of hydrogen-bond donors (Lipinski definition) is 1. The second-order valence-corrected chi connectivity index (χ2v) is 5.49. The molecule has 1 amide bonds. The van der Waals surface area contributed by atoms with Crippen LogP contribution in [0.1, 0.15) is 32.3 Å². The summed E-state index contributed by atoms with van der Waals surface area (Å²) in [6.45, 7) is 6.80. The zero-order chi connectivity index (χ0) is 12.6. The van der Waals surface area contributed by atoms with Gasteiger partial charge in [0.1, 0.15) is 0 Å². The second kappa shape index (κ2) is 4.06. The van der Waals surface area contributed by atoms with Crippen molar-refractivity contribution in [2.45, 2.75) is 33.6 Å². The molecule has 1 aromatic rings. The van der Waals surface area contributed by atoms with Crippen LogP contribution in [-0.4, -0.2) is 12.5 Å². The predicted octanol–water partition coefficient (Wildman–Crippen LogP) is 2.73. The van der Waals surface area contributed by atoms with Gasteiger partial charge in [-0.15, -0.1) is 0 Å². The SMILES string of the molecule is Cc1ccc(N2CCCC(C)(C)C2=O)cc1N. The number of amides is 1. The van der Waals surface area contributed by atoms with Gasteiger partial charge in [-0.1, -0.05) is 19.9 Å². The number of aryl methyl sites for hydroxylation is 1. The summed E-state index contributed by atoms with van der Waals surface area (Å²) >= 11 is 0. The summed E-state index contributed by atoms with van der Waals surface area (Å²) in [5, 5.41) is 0. The second-order valence-electron chi connectivity index (χ2n) is 5.49. The molecule has 17 heavy (non-hydrogen) atoms. The average Bonchev–Trinajstić information content (AvgIpc) is 2.26. The molecule has 0 saturated carbocycles. The number of nitrogen functional groups attached to an aromatic ring is 1. The van der Waals surface area contributed by atoms with E-state index in [1.807, 2.05) is 43.9 Å². The van der Waals surface area contributed by atoms with Gasteiger partial charge >= 0.3 is 0 Å². The summed E-state index contributed by atoms with van der Waals surface area (Å²) in [7, 11) is 0. The van der Waals surface area contributed by atoms with Crippen molar-refractivity contribution in [2.24, 2.45) is 5.41 Å². The lowest BCUT2D eigenvalue weighted by molar-refractivity contribution is -0.128. The molecule has 1 aromatic carbocycles. The van der Waals surface area contributed by atoms with Crippen LogP contribution in [0.4, 0.5) is 11.4 Å². The number of hydrogen-bond acceptors (Lipinski definition) is 2. The Morgan fingerprint density at radius 1 is 1.35 bits per heavy atom. The quantitative estimate of drug-likeness (QED) is 0.757. The molecule has 0 aliphatic carbocycles. The first-order valence-corrected chi connectivity index (χ1v) is 6.10. The number of carbonyl (C=O) groups excluding carboxylic acids is 1. The van der Waals surface area contributed by atoms with Crippen molar-refractivity contribution in [1.82, 2.24) is 0 Å². The van der Waals surface area contributed by atoms with Gasteiger partial charge in [-0.3, -0.25) is 4.79 Å². The maximum atomic E-state index is 12.3. The Morgan fingerprint density at radius 2 is 2.06 bits per heavy atom. The Balaban J connectivity index is 2.33. The van der Waals surface area contributed by atoms with Crippen LogP contribution < -0.4 is 10.6 Å². The first kappa shape index (κ1) is 12.0. The van der Waals surface area contributed by atoms with Crippen molar-refractivity contribution >= 4 is 17.3 Å². The molecule has 3 nitrogen and oxygen atoms in total. The zero-order valence-electron chi connectivity index (χ0n) is 10.8. The monoisotopic (exact) mass is 232 g/mol. The van der Waals surface area contributed by atoms with E-state index >= 15 is 0 Å². The van der Waals surface area contributed by atoms with Crippen molar-refractivity contribution < 1.29 is 4.79 Å². The summed E-state index contributed by atoms with van der Waals surface area (Å²) in [6, 6.07) is 5.85. The van der Waals surface area contributed by atoms with Crippen molar-refractivity contribution in [1.29, 1.82) is 0 Å². The van der Waals surface area contributed by atoms with E-state index in [-0.39, 0.29) is 11.3 Å². The van der Waals surface area contributed by atoms with Gasteiger partial charge in [-0.05, 0) is 37.5 Å². The Labute approximate surface area is 103 Å². The fraction of sp³-hybridized carbons (Fsp3) is 0.500. The van der Waals surface area contributed by atoms with E-state index in [0.29, 0.717) is 0 Å². The standard InChI is InChI=1S/C14H20N2O/c1-10-5-6-11(9-12(10)15)16-8-4-7-14(2,3)13(16)17/h5-6,9H,4,7-8,15H2,1-3H3. The average molecular weight is 232 g/mol. The van der Waals surface area contributed by atoms with Gasteiger partial charge in [0.25, 0.3) is 0 Å². The Hall–Kier alpha value is -1.51. The van der Waals surface area contributed by atoms with Gasteiger partial charge in [0.15, 0.2) is 0 Å². The van der Waals surface area contributed by atoms with E-state index in [9.17, 15) is 4.79 Å². The third kappa shape index (κ3) is 2.14. The molecule has 0 bridgehead atoms. The highest BCUT2D eigenvalue weighted by Gasteiger charge is 2.36. The minimum Gasteiger partial charge on any atom is -0.398 e. The van der Waals surface area contributed by atoms with Gasteiger partial charge in [-0.2, -0.15) is 0 Å². The summed E-state index contributed by atoms with van der Waals surface area (Å²) < 4.78 is 0. The maximum Gasteiger partial charge on any atom is 0.232 e. The van der Waals surface area contributed by atoms with Gasteiger partial charge in [0.05, 0.1) is 0 Å². The number of rotatable bonds is 1. The molecule has 1 heterocycles. The van der Waals surface area contributed by atoms with E-state index in [1.165, 1.54) is 0 Å². The number of carbonyl (C=O) groups is 1. The number of piperidine rings is 1. The molecular formula is C14H20N2O. The molecule has 0 unspecified atom stereocenters. The van der Waals surface area contributed by atoms with E-state index in [1.54, 1.807) is 0 Å². The van der Waals surface area contributed by atoms with Gasteiger partial charge < -0.3 is 10.6 Å².